The van der Waals surface area contributed by atoms with Gasteiger partial charge in [-0.15, -0.1) is 0 Å². The summed E-state index contributed by atoms with van der Waals surface area (Å²) in [6.07, 6.45) is 0. The number of hydrogen-bond donors (Lipinski definition) is 1. The second-order valence-electron chi connectivity index (χ2n) is 3.44. The molecule has 0 saturated heterocycles. The molecule has 1 nitrogen and oxygen atoms in total. The van der Waals surface area contributed by atoms with Gasteiger partial charge in [0.05, 0.1) is 4.47 Å². The van der Waals surface area contributed by atoms with E-state index >= 15 is 0 Å². The Morgan fingerprint density at radius 1 is 1.38 bits per heavy atom. The molecule has 1 rings (SSSR count). The summed E-state index contributed by atoms with van der Waals surface area (Å²) in [7, 11) is 0. The molecular weight excluding hydrogens is 233 g/mol. The van der Waals surface area contributed by atoms with Gasteiger partial charge in [-0.1, -0.05) is 19.9 Å². The number of hydrogen-bond acceptors (Lipinski definition) is 1. The fourth-order valence-corrected chi connectivity index (χ4v) is 1.50. The average Bonchev–Trinajstić information content (AvgIpc) is 2.08. The molecule has 0 aliphatic carbocycles. The van der Waals surface area contributed by atoms with Gasteiger partial charge in [-0.25, -0.2) is 4.39 Å². The Balaban J connectivity index is 2.97. The molecule has 72 valence electrons. The Morgan fingerprint density at radius 3 is 2.46 bits per heavy atom. The Bertz CT molecular complexity index is 299. The molecule has 0 amide bonds. The number of rotatable bonds is 2. The van der Waals surface area contributed by atoms with Crippen molar-refractivity contribution in [3.8, 4) is 0 Å². The van der Waals surface area contributed by atoms with Crippen LogP contribution < -0.4 is 5.73 Å². The molecule has 2 N–H and O–H groups in total. The molecule has 0 radical (unpaired) electrons. The fraction of sp³-hybridized carbons (Fsp3) is 0.400. The highest BCUT2D eigenvalue weighted by atomic mass is 79.9. The van der Waals surface area contributed by atoms with E-state index in [2.05, 4.69) is 15.9 Å². The molecule has 0 aromatic heterocycles. The molecule has 1 aromatic carbocycles. The highest BCUT2D eigenvalue weighted by Gasteiger charge is 2.11. The van der Waals surface area contributed by atoms with E-state index in [1.54, 1.807) is 12.1 Å². The van der Waals surface area contributed by atoms with Gasteiger partial charge in [-0.2, -0.15) is 0 Å². The smallest absolute Gasteiger partial charge is 0.137 e. The summed E-state index contributed by atoms with van der Waals surface area (Å²) >= 11 is 3.13. The first-order valence-electron chi connectivity index (χ1n) is 4.23. The van der Waals surface area contributed by atoms with E-state index in [0.717, 1.165) is 5.56 Å². The summed E-state index contributed by atoms with van der Waals surface area (Å²) in [6.45, 7) is 4.09. The van der Waals surface area contributed by atoms with Crippen molar-refractivity contribution < 1.29 is 4.39 Å². The van der Waals surface area contributed by atoms with E-state index < -0.39 is 0 Å². The predicted molar refractivity (Wildman–Crippen MR) is 55.9 cm³/mol. The first-order valence-corrected chi connectivity index (χ1v) is 5.02. The molecule has 1 atom stereocenters. The molecule has 0 fully saturated rings. The van der Waals surface area contributed by atoms with Crippen LogP contribution in [0, 0.1) is 11.7 Å². The minimum atomic E-state index is -0.250. The molecule has 3 heteroatoms. The zero-order valence-corrected chi connectivity index (χ0v) is 9.31. The summed E-state index contributed by atoms with van der Waals surface area (Å²) < 4.78 is 13.3. The highest BCUT2D eigenvalue weighted by Crippen LogP contribution is 2.23. The van der Waals surface area contributed by atoms with E-state index in [1.165, 1.54) is 6.07 Å². The highest BCUT2D eigenvalue weighted by molar-refractivity contribution is 9.10. The standard InChI is InChI=1S/C10H13BrFN/c1-6(2)10(13)7-3-4-9(12)8(11)5-7/h3-6,10H,13H2,1-2H3/t10-/m0/s1. The van der Waals surface area contributed by atoms with Crippen molar-refractivity contribution in [2.75, 3.05) is 0 Å². The molecule has 1 aromatic rings. The van der Waals surface area contributed by atoms with Crippen molar-refractivity contribution in [3.63, 3.8) is 0 Å². The van der Waals surface area contributed by atoms with Crippen molar-refractivity contribution in [2.24, 2.45) is 11.7 Å². The Labute approximate surface area is 86.3 Å². The van der Waals surface area contributed by atoms with Crippen LogP contribution in [0.1, 0.15) is 25.5 Å². The molecule has 0 heterocycles. The minimum Gasteiger partial charge on any atom is -0.324 e. The zero-order chi connectivity index (χ0) is 10.0. The Kier molecular flexibility index (Phi) is 3.45. The summed E-state index contributed by atoms with van der Waals surface area (Å²) in [6, 6.07) is 4.86. The maximum Gasteiger partial charge on any atom is 0.137 e. The lowest BCUT2D eigenvalue weighted by atomic mass is 9.97. The van der Waals surface area contributed by atoms with Crippen LogP contribution >= 0.6 is 15.9 Å². The lowest BCUT2D eigenvalue weighted by Crippen LogP contribution is -2.16. The Hall–Kier alpha value is -0.410. The van der Waals surface area contributed by atoms with Gasteiger partial charge >= 0.3 is 0 Å². The third-order valence-corrected chi connectivity index (χ3v) is 2.65. The lowest BCUT2D eigenvalue weighted by molar-refractivity contribution is 0.512. The van der Waals surface area contributed by atoms with Crippen LogP contribution in [0.5, 0.6) is 0 Å². The summed E-state index contributed by atoms with van der Waals surface area (Å²) in [5.41, 5.74) is 6.87. The van der Waals surface area contributed by atoms with E-state index in [0.29, 0.717) is 10.4 Å². The number of nitrogens with two attached hydrogens (primary N) is 1. The quantitative estimate of drug-likeness (QED) is 0.851. The van der Waals surface area contributed by atoms with Crippen molar-refractivity contribution in [1.29, 1.82) is 0 Å². The van der Waals surface area contributed by atoms with Crippen LogP contribution in [0.4, 0.5) is 4.39 Å². The van der Waals surface area contributed by atoms with Gasteiger partial charge < -0.3 is 5.73 Å². The third-order valence-electron chi connectivity index (χ3n) is 2.05. The van der Waals surface area contributed by atoms with Gasteiger partial charge in [-0.05, 0) is 39.5 Å². The van der Waals surface area contributed by atoms with Crippen LogP contribution in [0.25, 0.3) is 0 Å². The van der Waals surface area contributed by atoms with Crippen LogP contribution in [0.3, 0.4) is 0 Å². The molecule has 0 aliphatic rings. The first-order chi connectivity index (χ1) is 6.02. The van der Waals surface area contributed by atoms with Crippen LogP contribution in [-0.4, -0.2) is 0 Å². The zero-order valence-electron chi connectivity index (χ0n) is 7.72. The van der Waals surface area contributed by atoms with Gasteiger partial charge in [0.2, 0.25) is 0 Å². The average molecular weight is 246 g/mol. The van der Waals surface area contributed by atoms with Gasteiger partial charge in [0.15, 0.2) is 0 Å². The maximum atomic E-state index is 12.9. The number of benzene rings is 1. The first kappa shape index (κ1) is 10.7. The molecular formula is C10H13BrFN. The summed E-state index contributed by atoms with van der Waals surface area (Å²) in [5, 5.41) is 0. The van der Waals surface area contributed by atoms with Crippen molar-refractivity contribution >= 4 is 15.9 Å². The predicted octanol–water partition coefficient (Wildman–Crippen LogP) is 3.24. The molecule has 0 aliphatic heterocycles. The number of halogens is 2. The van der Waals surface area contributed by atoms with Gasteiger partial charge in [0.1, 0.15) is 5.82 Å². The molecule has 0 saturated carbocycles. The minimum absolute atomic E-state index is 0.0306. The second-order valence-corrected chi connectivity index (χ2v) is 4.30. The van der Waals surface area contributed by atoms with E-state index in [-0.39, 0.29) is 11.9 Å². The van der Waals surface area contributed by atoms with Crippen LogP contribution in [-0.2, 0) is 0 Å². The maximum absolute atomic E-state index is 12.9. The van der Waals surface area contributed by atoms with Crippen molar-refractivity contribution in [2.45, 2.75) is 19.9 Å². The third kappa shape index (κ3) is 2.51. The molecule has 0 spiro atoms. The second kappa shape index (κ2) is 4.20. The van der Waals surface area contributed by atoms with Crippen molar-refractivity contribution in [3.05, 3.63) is 34.1 Å². The van der Waals surface area contributed by atoms with Crippen molar-refractivity contribution in [1.82, 2.24) is 0 Å². The van der Waals surface area contributed by atoms with E-state index in [1.807, 2.05) is 13.8 Å². The summed E-state index contributed by atoms with van der Waals surface area (Å²) in [4.78, 5) is 0. The molecule has 0 unspecified atom stereocenters. The lowest BCUT2D eigenvalue weighted by Gasteiger charge is -2.16. The monoisotopic (exact) mass is 245 g/mol. The normalized spacial score (nSPS) is 13.4. The van der Waals surface area contributed by atoms with E-state index in [9.17, 15) is 4.39 Å². The van der Waals surface area contributed by atoms with Gasteiger partial charge in [-0.3, -0.25) is 0 Å². The van der Waals surface area contributed by atoms with Gasteiger partial charge in [0, 0.05) is 6.04 Å². The van der Waals surface area contributed by atoms with Crippen LogP contribution in [0.15, 0.2) is 22.7 Å². The van der Waals surface area contributed by atoms with Crippen LogP contribution in [0.2, 0.25) is 0 Å². The fourth-order valence-electron chi connectivity index (χ4n) is 1.10. The largest absolute Gasteiger partial charge is 0.324 e. The Morgan fingerprint density at radius 2 is 2.00 bits per heavy atom. The molecule has 0 bridgehead atoms. The molecule has 13 heavy (non-hydrogen) atoms. The van der Waals surface area contributed by atoms with E-state index in [4.69, 9.17) is 5.73 Å². The van der Waals surface area contributed by atoms with Gasteiger partial charge in [0.25, 0.3) is 0 Å². The topological polar surface area (TPSA) is 26.0 Å². The summed E-state index contributed by atoms with van der Waals surface area (Å²) in [5.74, 6) is 0.108. The SMILES string of the molecule is CC(C)[C@H](N)c1ccc(F)c(Br)c1.